The number of esters is 1. The third-order valence-corrected chi connectivity index (χ3v) is 4.28. The fourth-order valence-corrected chi connectivity index (χ4v) is 2.98. The number of carbonyl (C=O) groups excluding carboxylic acids is 1. The van der Waals surface area contributed by atoms with Gasteiger partial charge in [0.15, 0.2) is 5.65 Å². The number of aromatic nitrogens is 2. The minimum Gasteiger partial charge on any atom is -0.464 e. The maximum atomic E-state index is 11.3. The molecule has 8 heteroatoms. The van der Waals surface area contributed by atoms with Crippen molar-refractivity contribution in [3.8, 4) is 0 Å². The summed E-state index contributed by atoms with van der Waals surface area (Å²) in [4.78, 5) is 15.8. The van der Waals surface area contributed by atoms with E-state index in [1.54, 1.807) is 0 Å². The van der Waals surface area contributed by atoms with Crippen LogP contribution in [0.15, 0.2) is 34.8 Å². The highest BCUT2D eigenvalue weighted by Gasteiger charge is 2.24. The Morgan fingerprint density at radius 2 is 2.30 bits per heavy atom. The van der Waals surface area contributed by atoms with E-state index in [0.717, 1.165) is 15.8 Å². The van der Waals surface area contributed by atoms with Crippen LogP contribution in [0.3, 0.4) is 0 Å². The fraction of sp³-hybridized carbons (Fsp3) is 0.333. The van der Waals surface area contributed by atoms with Crippen LogP contribution in [-0.2, 0) is 16.1 Å². The van der Waals surface area contributed by atoms with E-state index in [2.05, 4.69) is 37.9 Å². The SMILES string of the molecule is COC(=O)/C(N)=C/N(N)Cc1cn2cc(C3CC3)cc(Br)c2n1. The van der Waals surface area contributed by atoms with E-state index >= 15 is 0 Å². The van der Waals surface area contributed by atoms with E-state index in [4.69, 9.17) is 11.6 Å². The summed E-state index contributed by atoms with van der Waals surface area (Å²) in [5, 5.41) is 1.31. The average molecular weight is 380 g/mol. The van der Waals surface area contributed by atoms with Crippen molar-refractivity contribution >= 4 is 27.5 Å². The molecule has 1 aliphatic carbocycles. The number of fused-ring (bicyclic) bond motifs is 1. The number of imidazole rings is 1. The first-order valence-electron chi connectivity index (χ1n) is 7.22. The zero-order valence-corrected chi connectivity index (χ0v) is 14.3. The van der Waals surface area contributed by atoms with Gasteiger partial charge in [-0.1, -0.05) is 0 Å². The molecule has 7 nitrogen and oxygen atoms in total. The second kappa shape index (κ2) is 6.21. The van der Waals surface area contributed by atoms with E-state index in [9.17, 15) is 4.79 Å². The van der Waals surface area contributed by atoms with Gasteiger partial charge in [-0.3, -0.25) is 0 Å². The van der Waals surface area contributed by atoms with Gasteiger partial charge in [0, 0.05) is 18.6 Å². The third-order valence-electron chi connectivity index (χ3n) is 3.70. The van der Waals surface area contributed by atoms with Crippen molar-refractivity contribution in [2.75, 3.05) is 7.11 Å². The van der Waals surface area contributed by atoms with Crippen LogP contribution in [-0.4, -0.2) is 27.5 Å². The molecule has 0 amide bonds. The number of rotatable bonds is 5. The normalized spacial score (nSPS) is 15.0. The number of hydrogen-bond acceptors (Lipinski definition) is 6. The molecule has 2 heterocycles. The zero-order valence-electron chi connectivity index (χ0n) is 12.7. The predicted octanol–water partition coefficient (Wildman–Crippen LogP) is 1.62. The third kappa shape index (κ3) is 3.48. The topological polar surface area (TPSA) is 98.9 Å². The van der Waals surface area contributed by atoms with Crippen LogP contribution >= 0.6 is 15.9 Å². The summed E-state index contributed by atoms with van der Waals surface area (Å²) in [6, 6.07) is 2.12. The first-order chi connectivity index (χ1) is 11.0. The second-order valence-electron chi connectivity index (χ2n) is 5.61. The van der Waals surface area contributed by atoms with Crippen molar-refractivity contribution in [3.05, 3.63) is 46.1 Å². The van der Waals surface area contributed by atoms with Crippen molar-refractivity contribution in [2.24, 2.45) is 11.6 Å². The molecule has 122 valence electrons. The molecule has 0 saturated heterocycles. The smallest absolute Gasteiger partial charge is 0.355 e. The van der Waals surface area contributed by atoms with E-state index in [1.165, 1.54) is 36.7 Å². The van der Waals surface area contributed by atoms with E-state index in [1.807, 2.05) is 10.6 Å². The summed E-state index contributed by atoms with van der Waals surface area (Å²) in [6.45, 7) is 0.324. The Labute approximate surface area is 142 Å². The van der Waals surface area contributed by atoms with Gasteiger partial charge in [0.1, 0.15) is 5.70 Å². The molecule has 0 bridgehead atoms. The van der Waals surface area contributed by atoms with Crippen LogP contribution in [0.4, 0.5) is 0 Å². The minimum absolute atomic E-state index is 0.0593. The van der Waals surface area contributed by atoms with E-state index in [-0.39, 0.29) is 5.70 Å². The Hall–Kier alpha value is -2.06. The van der Waals surface area contributed by atoms with Crippen LogP contribution in [0.25, 0.3) is 5.65 Å². The molecular formula is C15H18BrN5O2. The highest BCUT2D eigenvalue weighted by Crippen LogP contribution is 2.41. The van der Waals surface area contributed by atoms with Gasteiger partial charge in [0.05, 0.1) is 23.8 Å². The van der Waals surface area contributed by atoms with Crippen molar-refractivity contribution < 1.29 is 9.53 Å². The number of pyridine rings is 1. The number of ether oxygens (including phenoxy) is 1. The molecule has 3 rings (SSSR count). The Bertz CT molecular complexity index is 782. The number of methoxy groups -OCH3 is 1. The van der Waals surface area contributed by atoms with Gasteiger partial charge in [0.25, 0.3) is 0 Å². The van der Waals surface area contributed by atoms with Crippen molar-refractivity contribution in [2.45, 2.75) is 25.3 Å². The standard InChI is InChI=1S/C15H18BrN5O2/c1-23-15(22)13(17)8-21(18)7-11-6-20-5-10(9-2-3-9)4-12(16)14(20)19-11/h4-6,8-9H,2-3,7,17-18H2,1H3/b13-8-. The van der Waals surface area contributed by atoms with Gasteiger partial charge in [-0.15, -0.1) is 0 Å². The van der Waals surface area contributed by atoms with Crippen LogP contribution in [0.1, 0.15) is 30.0 Å². The maximum Gasteiger partial charge on any atom is 0.355 e. The molecule has 2 aromatic heterocycles. The van der Waals surface area contributed by atoms with Crippen LogP contribution in [0.5, 0.6) is 0 Å². The lowest BCUT2D eigenvalue weighted by Crippen LogP contribution is -2.28. The molecule has 0 aliphatic heterocycles. The molecule has 2 aromatic rings. The summed E-state index contributed by atoms with van der Waals surface area (Å²) in [5.41, 5.74) is 8.44. The molecular weight excluding hydrogens is 362 g/mol. The Morgan fingerprint density at radius 1 is 1.57 bits per heavy atom. The number of nitrogens with zero attached hydrogens (tertiary/aromatic N) is 3. The van der Waals surface area contributed by atoms with Crippen LogP contribution < -0.4 is 11.6 Å². The van der Waals surface area contributed by atoms with Gasteiger partial charge in [-0.25, -0.2) is 15.6 Å². The first kappa shape index (κ1) is 15.8. The van der Waals surface area contributed by atoms with E-state index in [0.29, 0.717) is 12.5 Å². The summed E-state index contributed by atoms with van der Waals surface area (Å²) in [7, 11) is 1.26. The molecule has 0 aromatic carbocycles. The summed E-state index contributed by atoms with van der Waals surface area (Å²) >= 11 is 3.57. The lowest BCUT2D eigenvalue weighted by atomic mass is 10.2. The zero-order chi connectivity index (χ0) is 16.6. The Balaban J connectivity index is 1.80. The predicted molar refractivity (Wildman–Crippen MR) is 88.9 cm³/mol. The Kier molecular flexibility index (Phi) is 4.27. The molecule has 4 N–H and O–H groups in total. The van der Waals surface area contributed by atoms with Crippen LogP contribution in [0.2, 0.25) is 0 Å². The van der Waals surface area contributed by atoms with Gasteiger partial charge >= 0.3 is 5.97 Å². The molecule has 23 heavy (non-hydrogen) atoms. The number of carbonyl (C=O) groups is 1. The minimum atomic E-state index is -0.618. The number of hydrogen-bond donors (Lipinski definition) is 2. The average Bonchev–Trinajstić information content (AvgIpc) is 3.27. The summed E-state index contributed by atoms with van der Waals surface area (Å²) in [6.07, 6.45) is 7.85. The summed E-state index contributed by atoms with van der Waals surface area (Å²) in [5.74, 6) is 5.90. The van der Waals surface area contributed by atoms with Gasteiger partial charge < -0.3 is 19.9 Å². The first-order valence-corrected chi connectivity index (χ1v) is 8.01. The van der Waals surface area contributed by atoms with Crippen molar-refractivity contribution in [3.63, 3.8) is 0 Å². The lowest BCUT2D eigenvalue weighted by molar-refractivity contribution is -0.136. The maximum absolute atomic E-state index is 11.3. The largest absolute Gasteiger partial charge is 0.464 e. The second-order valence-corrected chi connectivity index (χ2v) is 6.46. The molecule has 0 unspecified atom stereocenters. The van der Waals surface area contributed by atoms with Gasteiger partial charge in [0.2, 0.25) is 0 Å². The van der Waals surface area contributed by atoms with Crippen LogP contribution in [0, 0.1) is 0 Å². The van der Waals surface area contributed by atoms with Gasteiger partial charge in [-0.2, -0.15) is 0 Å². The van der Waals surface area contributed by atoms with Crippen molar-refractivity contribution in [1.29, 1.82) is 0 Å². The fourth-order valence-electron chi connectivity index (χ4n) is 2.43. The molecule has 0 spiro atoms. The van der Waals surface area contributed by atoms with E-state index < -0.39 is 5.97 Å². The number of nitrogens with two attached hydrogens (primary N) is 2. The molecule has 1 fully saturated rings. The van der Waals surface area contributed by atoms with Crippen molar-refractivity contribution in [1.82, 2.24) is 14.4 Å². The summed E-state index contributed by atoms with van der Waals surface area (Å²) < 4.78 is 7.48. The number of halogens is 1. The quantitative estimate of drug-likeness (QED) is 0.354. The van der Waals surface area contributed by atoms with Gasteiger partial charge in [-0.05, 0) is 46.3 Å². The number of hydrazine groups is 1. The molecule has 0 radical (unpaired) electrons. The highest BCUT2D eigenvalue weighted by atomic mass is 79.9. The lowest BCUT2D eigenvalue weighted by Gasteiger charge is -2.12. The molecule has 1 aliphatic rings. The Morgan fingerprint density at radius 3 is 2.96 bits per heavy atom. The molecule has 1 saturated carbocycles. The molecule has 0 atom stereocenters. The monoisotopic (exact) mass is 379 g/mol. The highest BCUT2D eigenvalue weighted by molar-refractivity contribution is 9.10.